The molecule has 21 heavy (non-hydrogen) atoms. The Kier molecular flexibility index (Phi) is 6.65. The van der Waals surface area contributed by atoms with Gasteiger partial charge in [-0.3, -0.25) is 4.98 Å². The number of hydrogen-bond donors (Lipinski definition) is 2. The van der Waals surface area contributed by atoms with Crippen LogP contribution in [0, 0.1) is 5.92 Å². The maximum Gasteiger partial charge on any atom is 0.326 e. The summed E-state index contributed by atoms with van der Waals surface area (Å²) in [5.41, 5.74) is 0.768. The molecule has 0 radical (unpaired) electrons. The van der Waals surface area contributed by atoms with Gasteiger partial charge in [-0.15, -0.1) is 0 Å². The van der Waals surface area contributed by atoms with E-state index in [9.17, 15) is 14.7 Å². The Morgan fingerprint density at radius 2 is 2.10 bits per heavy atom. The minimum Gasteiger partial charge on any atom is -0.480 e. The van der Waals surface area contributed by atoms with Gasteiger partial charge < -0.3 is 15.3 Å². The van der Waals surface area contributed by atoms with Crippen molar-refractivity contribution in [1.29, 1.82) is 0 Å². The standard InChI is InChI=1S/C15H23N3O3/c1-4-11(3)13(14(19)20)17-15(21)18(5-2)10-12-8-6-7-9-16-12/h6-9,11,13H,4-5,10H2,1-3H3,(H,17,21)(H,19,20). The molecule has 1 aromatic rings. The van der Waals surface area contributed by atoms with Crippen LogP contribution in [0.1, 0.15) is 32.9 Å². The van der Waals surface area contributed by atoms with Gasteiger partial charge in [0.25, 0.3) is 0 Å². The van der Waals surface area contributed by atoms with Crippen molar-refractivity contribution < 1.29 is 14.7 Å². The van der Waals surface area contributed by atoms with E-state index < -0.39 is 12.0 Å². The molecule has 0 aromatic carbocycles. The number of rotatable bonds is 7. The molecule has 0 saturated heterocycles. The molecule has 0 spiro atoms. The molecular weight excluding hydrogens is 270 g/mol. The van der Waals surface area contributed by atoms with E-state index in [1.165, 1.54) is 0 Å². The summed E-state index contributed by atoms with van der Waals surface area (Å²) in [4.78, 5) is 29.2. The van der Waals surface area contributed by atoms with Crippen LogP contribution in [-0.4, -0.2) is 39.6 Å². The maximum atomic E-state index is 12.2. The molecule has 1 aromatic heterocycles. The Bertz CT molecular complexity index is 464. The van der Waals surface area contributed by atoms with E-state index in [0.717, 1.165) is 5.69 Å². The lowest BCUT2D eigenvalue weighted by molar-refractivity contribution is -0.140. The average molecular weight is 293 g/mol. The molecule has 6 heteroatoms. The summed E-state index contributed by atoms with van der Waals surface area (Å²) >= 11 is 0. The molecule has 0 aliphatic rings. The molecule has 1 rings (SSSR count). The van der Waals surface area contributed by atoms with Crippen LogP contribution in [0.5, 0.6) is 0 Å². The summed E-state index contributed by atoms with van der Waals surface area (Å²) in [5, 5.41) is 11.8. The largest absolute Gasteiger partial charge is 0.480 e. The van der Waals surface area contributed by atoms with Crippen LogP contribution in [0.3, 0.4) is 0 Å². The topological polar surface area (TPSA) is 82.5 Å². The Morgan fingerprint density at radius 3 is 2.57 bits per heavy atom. The lowest BCUT2D eigenvalue weighted by Crippen LogP contribution is -2.50. The van der Waals surface area contributed by atoms with Crippen LogP contribution in [-0.2, 0) is 11.3 Å². The number of urea groups is 1. The van der Waals surface area contributed by atoms with Gasteiger partial charge in [0.2, 0.25) is 0 Å². The van der Waals surface area contributed by atoms with Gasteiger partial charge in [0.15, 0.2) is 0 Å². The van der Waals surface area contributed by atoms with E-state index in [4.69, 9.17) is 0 Å². The number of carbonyl (C=O) groups is 2. The van der Waals surface area contributed by atoms with Gasteiger partial charge in [-0.25, -0.2) is 9.59 Å². The van der Waals surface area contributed by atoms with Crippen molar-refractivity contribution in [1.82, 2.24) is 15.2 Å². The number of nitrogens with zero attached hydrogens (tertiary/aromatic N) is 2. The number of nitrogens with one attached hydrogen (secondary N) is 1. The van der Waals surface area contributed by atoms with Gasteiger partial charge >= 0.3 is 12.0 Å². The highest BCUT2D eigenvalue weighted by Crippen LogP contribution is 2.09. The first-order valence-corrected chi connectivity index (χ1v) is 7.17. The predicted octanol–water partition coefficient (Wildman–Crippen LogP) is 2.11. The Labute approximate surface area is 125 Å². The van der Waals surface area contributed by atoms with Crippen molar-refractivity contribution in [2.75, 3.05) is 6.54 Å². The van der Waals surface area contributed by atoms with Crippen LogP contribution in [0.25, 0.3) is 0 Å². The molecule has 2 amide bonds. The summed E-state index contributed by atoms with van der Waals surface area (Å²) in [7, 11) is 0. The lowest BCUT2D eigenvalue weighted by Gasteiger charge is -2.26. The summed E-state index contributed by atoms with van der Waals surface area (Å²) in [6, 6.07) is 4.24. The number of amides is 2. The molecule has 2 atom stereocenters. The van der Waals surface area contributed by atoms with Crippen LogP contribution >= 0.6 is 0 Å². The summed E-state index contributed by atoms with van der Waals surface area (Å²) < 4.78 is 0. The van der Waals surface area contributed by atoms with Gasteiger partial charge in [0, 0.05) is 12.7 Å². The highest BCUT2D eigenvalue weighted by atomic mass is 16.4. The van der Waals surface area contributed by atoms with Crippen LogP contribution in [0.15, 0.2) is 24.4 Å². The second kappa shape index (κ2) is 8.24. The van der Waals surface area contributed by atoms with Crippen molar-refractivity contribution >= 4 is 12.0 Å². The fraction of sp³-hybridized carbons (Fsp3) is 0.533. The number of carboxylic acids is 1. The molecule has 0 aliphatic carbocycles. The molecule has 0 fully saturated rings. The van der Waals surface area contributed by atoms with E-state index in [1.807, 2.05) is 39.0 Å². The first-order chi connectivity index (χ1) is 9.99. The highest BCUT2D eigenvalue weighted by Gasteiger charge is 2.27. The smallest absolute Gasteiger partial charge is 0.326 e. The first kappa shape index (κ1) is 16.9. The van der Waals surface area contributed by atoms with Crippen molar-refractivity contribution in [3.8, 4) is 0 Å². The second-order valence-electron chi connectivity index (χ2n) is 4.99. The third-order valence-electron chi connectivity index (χ3n) is 3.51. The van der Waals surface area contributed by atoms with Gasteiger partial charge in [-0.05, 0) is 25.0 Å². The molecule has 116 valence electrons. The fourth-order valence-electron chi connectivity index (χ4n) is 1.92. The van der Waals surface area contributed by atoms with Gasteiger partial charge in [0.1, 0.15) is 6.04 Å². The number of pyridine rings is 1. The average Bonchev–Trinajstić information content (AvgIpc) is 2.49. The minimum atomic E-state index is -1.01. The first-order valence-electron chi connectivity index (χ1n) is 7.17. The summed E-state index contributed by atoms with van der Waals surface area (Å²) in [6.07, 6.45) is 2.35. The van der Waals surface area contributed by atoms with Gasteiger partial charge in [-0.1, -0.05) is 26.3 Å². The SMILES string of the molecule is CCC(C)C(NC(=O)N(CC)Cc1ccccn1)C(=O)O. The normalized spacial score (nSPS) is 13.3. The Morgan fingerprint density at radius 1 is 1.38 bits per heavy atom. The summed E-state index contributed by atoms with van der Waals surface area (Å²) in [5.74, 6) is -1.13. The molecule has 2 N–H and O–H groups in total. The number of carbonyl (C=O) groups excluding carboxylic acids is 1. The third kappa shape index (κ3) is 5.06. The summed E-state index contributed by atoms with van der Waals surface area (Å²) in [6.45, 7) is 6.40. The fourth-order valence-corrected chi connectivity index (χ4v) is 1.92. The zero-order valence-corrected chi connectivity index (χ0v) is 12.7. The van der Waals surface area contributed by atoms with Gasteiger partial charge in [0.05, 0.1) is 12.2 Å². The molecule has 0 saturated carbocycles. The Hall–Kier alpha value is -2.11. The maximum absolute atomic E-state index is 12.2. The number of aromatic nitrogens is 1. The quantitative estimate of drug-likeness (QED) is 0.806. The zero-order valence-electron chi connectivity index (χ0n) is 12.7. The Balaban J connectivity index is 2.72. The molecule has 1 heterocycles. The highest BCUT2D eigenvalue weighted by molar-refractivity contribution is 5.82. The van der Waals surface area contributed by atoms with Crippen LogP contribution in [0.2, 0.25) is 0 Å². The molecular formula is C15H23N3O3. The predicted molar refractivity (Wildman–Crippen MR) is 79.7 cm³/mol. The minimum absolute atomic E-state index is 0.125. The van der Waals surface area contributed by atoms with Crippen LogP contribution in [0.4, 0.5) is 4.79 Å². The number of carboxylic acid groups (broad SMARTS) is 1. The van der Waals surface area contributed by atoms with Crippen molar-refractivity contribution in [3.05, 3.63) is 30.1 Å². The third-order valence-corrected chi connectivity index (χ3v) is 3.51. The van der Waals surface area contributed by atoms with Crippen molar-refractivity contribution in [3.63, 3.8) is 0 Å². The molecule has 2 unspecified atom stereocenters. The molecule has 6 nitrogen and oxygen atoms in total. The van der Waals surface area contributed by atoms with E-state index in [1.54, 1.807) is 11.1 Å². The van der Waals surface area contributed by atoms with E-state index in [-0.39, 0.29) is 11.9 Å². The number of hydrogen-bond acceptors (Lipinski definition) is 3. The van der Waals surface area contributed by atoms with E-state index >= 15 is 0 Å². The van der Waals surface area contributed by atoms with Crippen molar-refractivity contribution in [2.45, 2.75) is 39.8 Å². The second-order valence-corrected chi connectivity index (χ2v) is 4.99. The van der Waals surface area contributed by atoms with Crippen molar-refractivity contribution in [2.24, 2.45) is 5.92 Å². The monoisotopic (exact) mass is 293 g/mol. The zero-order chi connectivity index (χ0) is 15.8. The van der Waals surface area contributed by atoms with E-state index in [2.05, 4.69) is 10.3 Å². The number of aliphatic carboxylic acids is 1. The van der Waals surface area contributed by atoms with Gasteiger partial charge in [-0.2, -0.15) is 0 Å². The van der Waals surface area contributed by atoms with Crippen LogP contribution < -0.4 is 5.32 Å². The lowest BCUT2D eigenvalue weighted by atomic mass is 9.99. The molecule has 0 bridgehead atoms. The molecule has 0 aliphatic heterocycles. The van der Waals surface area contributed by atoms with E-state index in [0.29, 0.717) is 19.5 Å².